The smallest absolute Gasteiger partial charge is 0.244 e. The molecule has 0 spiro atoms. The minimum Gasteiger partial charge on any atom is -0.264 e. The van der Waals surface area contributed by atoms with E-state index in [-0.39, 0.29) is 17.5 Å². The van der Waals surface area contributed by atoms with Gasteiger partial charge in [-0.3, -0.25) is 4.98 Å². The predicted octanol–water partition coefficient (Wildman–Crippen LogP) is 2.16. The summed E-state index contributed by atoms with van der Waals surface area (Å²) >= 11 is 0. The first-order valence-electron chi connectivity index (χ1n) is 6.20. The van der Waals surface area contributed by atoms with Crippen LogP contribution in [0.5, 0.6) is 0 Å². The van der Waals surface area contributed by atoms with Crippen molar-refractivity contribution in [3.8, 4) is 6.07 Å². The summed E-state index contributed by atoms with van der Waals surface area (Å²) in [5, 5.41) is 10.2. The van der Waals surface area contributed by atoms with Crippen molar-refractivity contribution in [2.24, 2.45) is 0 Å². The Hall–Kier alpha value is -1.97. The van der Waals surface area contributed by atoms with E-state index >= 15 is 0 Å². The highest BCUT2D eigenvalue weighted by Gasteiger charge is 2.28. The Morgan fingerprint density at radius 1 is 1.35 bits per heavy atom. The van der Waals surface area contributed by atoms with Crippen molar-refractivity contribution >= 4 is 20.8 Å². The van der Waals surface area contributed by atoms with Gasteiger partial charge in [0.1, 0.15) is 6.54 Å². The number of nitrogens with zero attached hydrogens (tertiary/aromatic N) is 3. The summed E-state index contributed by atoms with van der Waals surface area (Å²) < 4.78 is 26.7. The predicted molar refractivity (Wildman–Crippen MR) is 76.4 cm³/mol. The minimum absolute atomic E-state index is 0.165. The normalized spacial score (nSPS) is 11.9. The third-order valence-corrected chi connectivity index (χ3v) is 5.11. The zero-order chi connectivity index (χ0) is 14.8. The molecule has 0 atom stereocenters. The molecule has 0 N–H and O–H groups in total. The van der Waals surface area contributed by atoms with E-state index in [9.17, 15) is 8.42 Å². The van der Waals surface area contributed by atoms with Crippen LogP contribution < -0.4 is 0 Å². The van der Waals surface area contributed by atoms with E-state index in [0.29, 0.717) is 5.39 Å². The Labute approximate surface area is 118 Å². The van der Waals surface area contributed by atoms with Crippen LogP contribution in [0.25, 0.3) is 10.8 Å². The molecule has 2 rings (SSSR count). The van der Waals surface area contributed by atoms with Gasteiger partial charge in [0.2, 0.25) is 10.0 Å². The van der Waals surface area contributed by atoms with Crippen LogP contribution in [-0.2, 0) is 10.0 Å². The lowest BCUT2D eigenvalue weighted by molar-refractivity contribution is 0.386. The molecular weight excluding hydrogens is 274 g/mol. The fourth-order valence-electron chi connectivity index (χ4n) is 2.06. The topological polar surface area (TPSA) is 74.1 Å². The van der Waals surface area contributed by atoms with Gasteiger partial charge in [-0.2, -0.15) is 9.57 Å². The zero-order valence-corrected chi connectivity index (χ0v) is 12.1. The monoisotopic (exact) mass is 289 g/mol. The van der Waals surface area contributed by atoms with Crippen molar-refractivity contribution in [3.63, 3.8) is 0 Å². The van der Waals surface area contributed by atoms with E-state index in [1.54, 1.807) is 44.4 Å². The fourth-order valence-corrected chi connectivity index (χ4v) is 3.81. The average Bonchev–Trinajstić information content (AvgIpc) is 2.43. The molecule has 0 saturated carbocycles. The number of fused-ring (bicyclic) bond motifs is 1. The lowest BCUT2D eigenvalue weighted by atomic mass is 10.2. The first kappa shape index (κ1) is 14.4. The van der Waals surface area contributed by atoms with Gasteiger partial charge in [-0.05, 0) is 26.0 Å². The quantitative estimate of drug-likeness (QED) is 0.808. The number of pyridine rings is 1. The fraction of sp³-hybridized carbons (Fsp3) is 0.286. The van der Waals surface area contributed by atoms with E-state index in [1.807, 2.05) is 12.1 Å². The van der Waals surface area contributed by atoms with Gasteiger partial charge in [0.05, 0.1) is 11.0 Å². The van der Waals surface area contributed by atoms with Crippen LogP contribution in [0.2, 0.25) is 0 Å². The van der Waals surface area contributed by atoms with Gasteiger partial charge in [0.25, 0.3) is 0 Å². The summed E-state index contributed by atoms with van der Waals surface area (Å²) in [4.78, 5) is 4.20. The molecule has 6 heteroatoms. The van der Waals surface area contributed by atoms with Crippen molar-refractivity contribution < 1.29 is 8.42 Å². The van der Waals surface area contributed by atoms with Gasteiger partial charge in [-0.1, -0.05) is 12.1 Å². The molecule has 0 aliphatic heterocycles. The first-order valence-corrected chi connectivity index (χ1v) is 7.64. The largest absolute Gasteiger partial charge is 0.264 e. The molecule has 0 bridgehead atoms. The van der Waals surface area contributed by atoms with E-state index in [4.69, 9.17) is 5.26 Å². The van der Waals surface area contributed by atoms with Crippen molar-refractivity contribution in [1.29, 1.82) is 5.26 Å². The standard InChI is InChI=1S/C14H15N3O2S/c1-11(2)17(9-7-15)20(18,19)14-5-3-4-12-10-16-8-6-13(12)14/h3-6,8,10-11H,9H2,1-2H3. The molecule has 0 amide bonds. The molecule has 0 aliphatic carbocycles. The molecule has 1 aromatic heterocycles. The Bertz CT molecular complexity index is 758. The number of benzene rings is 1. The maximum Gasteiger partial charge on any atom is 0.244 e. The minimum atomic E-state index is -3.71. The Kier molecular flexibility index (Phi) is 4.02. The van der Waals surface area contributed by atoms with Gasteiger partial charge >= 0.3 is 0 Å². The van der Waals surface area contributed by atoms with Crippen LogP contribution in [0.3, 0.4) is 0 Å². The highest BCUT2D eigenvalue weighted by Crippen LogP contribution is 2.26. The molecule has 0 aliphatic rings. The highest BCUT2D eigenvalue weighted by molar-refractivity contribution is 7.89. The summed E-state index contributed by atoms with van der Waals surface area (Å²) in [6.07, 6.45) is 3.18. The molecular formula is C14H15N3O2S. The number of aromatic nitrogens is 1. The van der Waals surface area contributed by atoms with E-state index in [2.05, 4.69) is 4.98 Å². The van der Waals surface area contributed by atoms with Gasteiger partial charge in [0, 0.05) is 29.2 Å². The van der Waals surface area contributed by atoms with E-state index < -0.39 is 10.0 Å². The second-order valence-electron chi connectivity index (χ2n) is 4.66. The zero-order valence-electron chi connectivity index (χ0n) is 11.3. The molecule has 1 heterocycles. The Morgan fingerprint density at radius 3 is 2.75 bits per heavy atom. The van der Waals surface area contributed by atoms with Gasteiger partial charge < -0.3 is 0 Å². The molecule has 1 aromatic carbocycles. The maximum absolute atomic E-state index is 12.7. The number of hydrogen-bond acceptors (Lipinski definition) is 4. The summed E-state index contributed by atoms with van der Waals surface area (Å²) in [6, 6.07) is 8.35. The summed E-state index contributed by atoms with van der Waals surface area (Å²) in [5.41, 5.74) is 0. The SMILES string of the molecule is CC(C)N(CC#N)S(=O)(=O)c1cccc2cnccc12. The Balaban J connectivity index is 2.66. The molecule has 0 unspecified atom stereocenters. The van der Waals surface area contributed by atoms with Crippen LogP contribution in [0, 0.1) is 11.3 Å². The van der Waals surface area contributed by atoms with Crippen molar-refractivity contribution in [1.82, 2.24) is 9.29 Å². The molecule has 5 nitrogen and oxygen atoms in total. The third-order valence-electron chi connectivity index (χ3n) is 3.03. The molecule has 2 aromatic rings. The van der Waals surface area contributed by atoms with Crippen molar-refractivity contribution in [2.45, 2.75) is 24.8 Å². The second kappa shape index (κ2) is 5.57. The van der Waals surface area contributed by atoms with Crippen LogP contribution in [0.4, 0.5) is 0 Å². The van der Waals surface area contributed by atoms with Crippen LogP contribution >= 0.6 is 0 Å². The molecule has 0 saturated heterocycles. The maximum atomic E-state index is 12.7. The molecule has 20 heavy (non-hydrogen) atoms. The lowest BCUT2D eigenvalue weighted by Gasteiger charge is -2.23. The van der Waals surface area contributed by atoms with Crippen LogP contribution in [-0.4, -0.2) is 30.3 Å². The number of nitriles is 1. The lowest BCUT2D eigenvalue weighted by Crippen LogP contribution is -2.37. The third kappa shape index (κ3) is 2.50. The van der Waals surface area contributed by atoms with Crippen molar-refractivity contribution in [3.05, 3.63) is 36.7 Å². The van der Waals surface area contributed by atoms with Gasteiger partial charge in [-0.25, -0.2) is 8.42 Å². The highest BCUT2D eigenvalue weighted by atomic mass is 32.2. The second-order valence-corrected chi connectivity index (χ2v) is 6.51. The van der Waals surface area contributed by atoms with Gasteiger partial charge in [0.15, 0.2) is 0 Å². The molecule has 0 radical (unpaired) electrons. The average molecular weight is 289 g/mol. The van der Waals surface area contributed by atoms with Gasteiger partial charge in [-0.15, -0.1) is 0 Å². The van der Waals surface area contributed by atoms with E-state index in [1.165, 1.54) is 4.31 Å². The van der Waals surface area contributed by atoms with Crippen molar-refractivity contribution in [2.75, 3.05) is 6.54 Å². The molecule has 0 fully saturated rings. The summed E-state index contributed by atoms with van der Waals surface area (Å²) in [6.45, 7) is 3.34. The first-order chi connectivity index (χ1) is 9.48. The van der Waals surface area contributed by atoms with Crippen LogP contribution in [0.15, 0.2) is 41.6 Å². The summed E-state index contributed by atoms with van der Waals surface area (Å²) in [7, 11) is -3.71. The number of sulfonamides is 1. The summed E-state index contributed by atoms with van der Waals surface area (Å²) in [5.74, 6) is 0. The Morgan fingerprint density at radius 2 is 2.10 bits per heavy atom. The molecule has 104 valence electrons. The van der Waals surface area contributed by atoms with E-state index in [0.717, 1.165) is 5.39 Å². The number of hydrogen-bond donors (Lipinski definition) is 0. The number of rotatable bonds is 4. The van der Waals surface area contributed by atoms with Crippen LogP contribution in [0.1, 0.15) is 13.8 Å².